The van der Waals surface area contributed by atoms with E-state index in [0.29, 0.717) is 6.42 Å². The molecule has 0 aromatic heterocycles. The van der Waals surface area contributed by atoms with Gasteiger partial charge in [0.25, 0.3) is 0 Å². The molecule has 13 heavy (non-hydrogen) atoms. The number of hydrogen-bond donors (Lipinski definition) is 0. The summed E-state index contributed by atoms with van der Waals surface area (Å²) in [7, 11) is 0. The normalized spacial score (nSPS) is 49.0. The van der Waals surface area contributed by atoms with Gasteiger partial charge >= 0.3 is 0 Å². The standard InChI is InChI=1S/C9H9Cl2NO/c10-7-6-5(13)2-1-3-9(6,4-12)8(7)11/h6-8H,1-3H2/t6-,7?,8?,9+/m0/s1. The summed E-state index contributed by atoms with van der Waals surface area (Å²) in [5, 5.41) is 8.34. The van der Waals surface area contributed by atoms with E-state index in [1.165, 1.54) is 0 Å². The summed E-state index contributed by atoms with van der Waals surface area (Å²) in [5.41, 5.74) is -0.649. The molecule has 70 valence electrons. The Kier molecular flexibility index (Phi) is 2.05. The molecule has 2 aliphatic carbocycles. The molecular weight excluding hydrogens is 209 g/mol. The zero-order valence-corrected chi connectivity index (χ0v) is 8.48. The lowest BCUT2D eigenvalue weighted by atomic mass is 9.53. The quantitative estimate of drug-likeness (QED) is 0.584. The Labute approximate surface area is 86.8 Å². The van der Waals surface area contributed by atoms with Crippen LogP contribution in [-0.4, -0.2) is 16.5 Å². The van der Waals surface area contributed by atoms with E-state index in [0.717, 1.165) is 12.8 Å². The maximum absolute atomic E-state index is 11.5. The van der Waals surface area contributed by atoms with E-state index in [1.54, 1.807) is 0 Å². The van der Waals surface area contributed by atoms with Crippen LogP contribution in [0.4, 0.5) is 0 Å². The van der Waals surface area contributed by atoms with Crippen molar-refractivity contribution in [2.45, 2.75) is 30.0 Å². The summed E-state index contributed by atoms with van der Waals surface area (Å²) in [5.74, 6) is -0.194. The highest BCUT2D eigenvalue weighted by Crippen LogP contribution is 2.58. The van der Waals surface area contributed by atoms with E-state index in [2.05, 4.69) is 6.07 Å². The number of carbonyl (C=O) groups excluding carboxylic acids is 1. The lowest BCUT2D eigenvalue weighted by molar-refractivity contribution is -0.133. The van der Waals surface area contributed by atoms with Crippen molar-refractivity contribution in [2.75, 3.05) is 0 Å². The van der Waals surface area contributed by atoms with Crippen LogP contribution in [-0.2, 0) is 4.79 Å². The topological polar surface area (TPSA) is 40.9 Å². The van der Waals surface area contributed by atoms with Gasteiger partial charge in [0.1, 0.15) is 5.78 Å². The number of nitrogens with zero attached hydrogens (tertiary/aromatic N) is 1. The number of nitriles is 1. The second kappa shape index (κ2) is 2.87. The Morgan fingerprint density at radius 3 is 2.77 bits per heavy atom. The van der Waals surface area contributed by atoms with Gasteiger partial charge in [0, 0.05) is 6.42 Å². The monoisotopic (exact) mass is 217 g/mol. The van der Waals surface area contributed by atoms with Gasteiger partial charge in [-0.1, -0.05) is 0 Å². The SMILES string of the molecule is N#C[C@]12CCCC(=O)[C@H]1C(Cl)C2Cl. The van der Waals surface area contributed by atoms with Crippen LogP contribution in [0.2, 0.25) is 0 Å². The first-order valence-electron chi connectivity index (χ1n) is 4.35. The molecule has 2 aliphatic rings. The molecule has 0 N–H and O–H groups in total. The van der Waals surface area contributed by atoms with Gasteiger partial charge in [0.2, 0.25) is 0 Å². The second-order valence-corrected chi connectivity index (χ2v) is 4.77. The Morgan fingerprint density at radius 1 is 1.54 bits per heavy atom. The van der Waals surface area contributed by atoms with E-state index >= 15 is 0 Å². The fraction of sp³-hybridized carbons (Fsp3) is 0.778. The first-order valence-corrected chi connectivity index (χ1v) is 5.23. The highest BCUT2D eigenvalue weighted by atomic mass is 35.5. The fourth-order valence-electron chi connectivity index (χ4n) is 2.45. The molecule has 0 spiro atoms. The van der Waals surface area contributed by atoms with E-state index in [9.17, 15) is 4.79 Å². The molecule has 4 heteroatoms. The number of alkyl halides is 2. The lowest BCUT2D eigenvalue weighted by Gasteiger charge is -2.53. The lowest BCUT2D eigenvalue weighted by Crippen LogP contribution is -2.63. The van der Waals surface area contributed by atoms with Crippen molar-refractivity contribution in [3.63, 3.8) is 0 Å². The van der Waals surface area contributed by atoms with Crippen molar-refractivity contribution in [1.29, 1.82) is 5.26 Å². The molecule has 0 saturated heterocycles. The van der Waals surface area contributed by atoms with Gasteiger partial charge in [-0.05, 0) is 12.8 Å². The van der Waals surface area contributed by atoms with Crippen molar-refractivity contribution in [1.82, 2.24) is 0 Å². The summed E-state index contributed by atoms with van der Waals surface area (Å²) in [6, 6.07) is 2.19. The van der Waals surface area contributed by atoms with E-state index in [4.69, 9.17) is 28.5 Å². The van der Waals surface area contributed by atoms with E-state index in [-0.39, 0.29) is 22.5 Å². The third-order valence-electron chi connectivity index (χ3n) is 3.21. The summed E-state index contributed by atoms with van der Waals surface area (Å²) in [4.78, 5) is 11.5. The Balaban J connectivity index is 2.33. The minimum Gasteiger partial charge on any atom is -0.299 e. The largest absolute Gasteiger partial charge is 0.299 e. The first kappa shape index (κ1) is 9.30. The van der Waals surface area contributed by atoms with Crippen LogP contribution in [0.1, 0.15) is 19.3 Å². The smallest absolute Gasteiger partial charge is 0.139 e. The highest BCUT2D eigenvalue weighted by Gasteiger charge is 2.65. The fourth-order valence-corrected chi connectivity index (χ4v) is 3.48. The Morgan fingerprint density at radius 2 is 2.23 bits per heavy atom. The molecule has 2 fully saturated rings. The number of rotatable bonds is 0. The first-order chi connectivity index (χ1) is 6.13. The highest BCUT2D eigenvalue weighted by molar-refractivity contribution is 6.33. The summed E-state index contributed by atoms with van der Waals surface area (Å²) in [6.07, 6.45) is 2.05. The number of Topliss-reactive ketones (excluding diaryl/α,β-unsaturated/α-hetero) is 1. The van der Waals surface area contributed by atoms with Gasteiger partial charge < -0.3 is 0 Å². The molecule has 2 rings (SSSR count). The number of ketones is 1. The number of fused-ring (bicyclic) bond motifs is 1. The van der Waals surface area contributed by atoms with Crippen LogP contribution in [0.25, 0.3) is 0 Å². The second-order valence-electron chi connectivity index (χ2n) is 3.80. The summed E-state index contributed by atoms with van der Waals surface area (Å²) >= 11 is 11.9. The van der Waals surface area contributed by atoms with Crippen molar-refractivity contribution in [3.8, 4) is 6.07 Å². The predicted octanol–water partition coefficient (Wildman–Crippen LogP) is 2.09. The van der Waals surface area contributed by atoms with Gasteiger partial charge in [-0.3, -0.25) is 4.79 Å². The third-order valence-corrected chi connectivity index (χ3v) is 4.51. The minimum atomic E-state index is -0.649. The van der Waals surface area contributed by atoms with Gasteiger partial charge in [-0.2, -0.15) is 5.26 Å². The number of hydrogen-bond acceptors (Lipinski definition) is 2. The van der Waals surface area contributed by atoms with Gasteiger partial charge in [0.15, 0.2) is 0 Å². The van der Waals surface area contributed by atoms with E-state index in [1.807, 2.05) is 0 Å². The molecule has 0 aromatic carbocycles. The maximum Gasteiger partial charge on any atom is 0.139 e. The van der Waals surface area contributed by atoms with Crippen LogP contribution < -0.4 is 0 Å². The average molecular weight is 218 g/mol. The molecular formula is C9H9Cl2NO. The zero-order chi connectivity index (χ0) is 9.64. The Hall–Kier alpha value is -0.260. The van der Waals surface area contributed by atoms with Crippen LogP contribution in [0.15, 0.2) is 0 Å². The molecule has 0 bridgehead atoms. The average Bonchev–Trinajstić information content (AvgIpc) is 2.15. The minimum absolute atomic E-state index is 0.115. The van der Waals surface area contributed by atoms with Gasteiger partial charge in [-0.25, -0.2) is 0 Å². The van der Waals surface area contributed by atoms with Crippen molar-refractivity contribution in [3.05, 3.63) is 0 Å². The van der Waals surface area contributed by atoms with Gasteiger partial charge in [0.05, 0.1) is 28.2 Å². The molecule has 0 aliphatic heterocycles. The summed E-state index contributed by atoms with van der Waals surface area (Å²) < 4.78 is 0. The molecule has 2 saturated carbocycles. The van der Waals surface area contributed by atoms with Crippen molar-refractivity contribution >= 4 is 29.0 Å². The van der Waals surface area contributed by atoms with Crippen LogP contribution in [0.3, 0.4) is 0 Å². The molecule has 0 heterocycles. The van der Waals surface area contributed by atoms with Crippen molar-refractivity contribution in [2.24, 2.45) is 11.3 Å². The zero-order valence-electron chi connectivity index (χ0n) is 6.96. The molecule has 4 atom stereocenters. The molecule has 2 unspecified atom stereocenters. The number of halogens is 2. The molecule has 2 nitrogen and oxygen atoms in total. The third kappa shape index (κ3) is 0.978. The molecule has 0 amide bonds. The van der Waals surface area contributed by atoms with Crippen molar-refractivity contribution < 1.29 is 4.79 Å². The summed E-state index contributed by atoms with van der Waals surface area (Å²) in [6.45, 7) is 0. The van der Waals surface area contributed by atoms with Crippen LogP contribution in [0, 0.1) is 22.7 Å². The van der Waals surface area contributed by atoms with Crippen LogP contribution >= 0.6 is 23.2 Å². The van der Waals surface area contributed by atoms with E-state index < -0.39 is 5.41 Å². The molecule has 0 aromatic rings. The predicted molar refractivity (Wildman–Crippen MR) is 49.7 cm³/mol. The Bertz CT molecular complexity index is 298. The van der Waals surface area contributed by atoms with Gasteiger partial charge in [-0.15, -0.1) is 23.2 Å². The number of carbonyl (C=O) groups is 1. The molecule has 0 radical (unpaired) electrons. The maximum atomic E-state index is 11.5. The van der Waals surface area contributed by atoms with Crippen LogP contribution in [0.5, 0.6) is 0 Å².